The Bertz CT molecular complexity index is 836. The second-order valence-electron chi connectivity index (χ2n) is 5.29. The number of halogens is 5. The topological polar surface area (TPSA) is 49.4 Å². The third-order valence-electron chi connectivity index (χ3n) is 3.39. The minimum atomic E-state index is -4.73. The highest BCUT2D eigenvalue weighted by Crippen LogP contribution is 2.36. The number of carbonyl (C=O) groups excluding carboxylic acids is 2. The Balaban J connectivity index is 2.27. The number of anilines is 2. The molecule has 1 N–H and O–H groups in total. The van der Waals surface area contributed by atoms with Crippen LogP contribution in [-0.2, 0) is 15.8 Å². The number of nitrogens with one attached hydrogen (secondary N) is 1. The molecule has 138 valence electrons. The number of benzene rings is 2. The first kappa shape index (κ1) is 19.4. The normalized spacial score (nSPS) is 11.2. The molecule has 0 unspecified atom stereocenters. The smallest absolute Gasteiger partial charge is 0.322 e. The van der Waals surface area contributed by atoms with Crippen LogP contribution in [0.5, 0.6) is 0 Å². The molecule has 0 saturated heterocycles. The fourth-order valence-electron chi connectivity index (χ4n) is 2.24. The maximum atomic E-state index is 13.6. The van der Waals surface area contributed by atoms with Crippen molar-refractivity contribution in [3.63, 3.8) is 0 Å². The van der Waals surface area contributed by atoms with Crippen LogP contribution in [0.2, 0.25) is 0 Å². The molecule has 0 bridgehead atoms. The summed E-state index contributed by atoms with van der Waals surface area (Å²) in [7, 11) is 0. The Morgan fingerprint density at radius 3 is 2.31 bits per heavy atom. The van der Waals surface area contributed by atoms with Crippen LogP contribution >= 0.6 is 0 Å². The van der Waals surface area contributed by atoms with Crippen molar-refractivity contribution in [3.05, 3.63) is 59.7 Å². The molecule has 0 aliphatic heterocycles. The summed E-state index contributed by atoms with van der Waals surface area (Å²) in [4.78, 5) is 24.5. The number of hydrogen-bond acceptors (Lipinski definition) is 2. The number of amides is 2. The van der Waals surface area contributed by atoms with Gasteiger partial charge < -0.3 is 10.2 Å². The van der Waals surface area contributed by atoms with E-state index in [4.69, 9.17) is 0 Å². The van der Waals surface area contributed by atoms with E-state index in [1.54, 1.807) is 0 Å². The molecule has 0 fully saturated rings. The Hall–Kier alpha value is -2.97. The first-order valence-corrected chi connectivity index (χ1v) is 7.29. The quantitative estimate of drug-likeness (QED) is 0.826. The summed E-state index contributed by atoms with van der Waals surface area (Å²) in [6.45, 7) is 0.220. The molecule has 0 aliphatic rings. The Morgan fingerprint density at radius 1 is 1.08 bits per heavy atom. The van der Waals surface area contributed by atoms with Crippen LogP contribution in [0.3, 0.4) is 0 Å². The molecule has 0 aromatic heterocycles. The lowest BCUT2D eigenvalue weighted by molar-refractivity contribution is -0.137. The predicted molar refractivity (Wildman–Crippen MR) is 84.5 cm³/mol. The standard InChI is InChI=1S/C17H13F5N2O2/c1-10(25)24(15-5-3-2-4-12(15)17(20,21)22)9-16(26)23-14-7-6-11(18)8-13(14)19/h2-8H,9H2,1H3,(H,23,26). The summed E-state index contributed by atoms with van der Waals surface area (Å²) in [6, 6.07) is 6.68. The van der Waals surface area contributed by atoms with Gasteiger partial charge in [0.05, 0.1) is 16.9 Å². The van der Waals surface area contributed by atoms with Gasteiger partial charge >= 0.3 is 6.18 Å². The van der Waals surface area contributed by atoms with Gasteiger partial charge in [0, 0.05) is 13.0 Å². The van der Waals surface area contributed by atoms with Gasteiger partial charge in [0.15, 0.2) is 0 Å². The number of para-hydroxylation sites is 1. The number of hydrogen-bond donors (Lipinski definition) is 1. The molecule has 2 aromatic rings. The first-order valence-electron chi connectivity index (χ1n) is 7.29. The lowest BCUT2D eigenvalue weighted by Crippen LogP contribution is -2.38. The molecular weight excluding hydrogens is 359 g/mol. The number of alkyl halides is 3. The highest BCUT2D eigenvalue weighted by molar-refractivity contribution is 6.02. The molecular formula is C17H13F5N2O2. The maximum absolute atomic E-state index is 13.6. The number of carbonyl (C=O) groups is 2. The van der Waals surface area contributed by atoms with Gasteiger partial charge in [0.2, 0.25) is 11.8 Å². The molecule has 2 rings (SSSR count). The minimum Gasteiger partial charge on any atom is -0.322 e. The molecule has 4 nitrogen and oxygen atoms in total. The molecule has 0 aliphatic carbocycles. The molecule has 9 heteroatoms. The van der Waals surface area contributed by atoms with Gasteiger partial charge in [-0.3, -0.25) is 9.59 Å². The van der Waals surface area contributed by atoms with E-state index in [1.165, 1.54) is 6.07 Å². The summed E-state index contributed by atoms with van der Waals surface area (Å²) in [6.07, 6.45) is -4.73. The molecule has 0 spiro atoms. The molecule has 2 amide bonds. The second kappa shape index (κ2) is 7.51. The SMILES string of the molecule is CC(=O)N(CC(=O)Nc1ccc(F)cc1F)c1ccccc1C(F)(F)F. The maximum Gasteiger partial charge on any atom is 0.418 e. The fourth-order valence-corrected chi connectivity index (χ4v) is 2.24. The van der Waals surface area contributed by atoms with E-state index < -0.39 is 47.4 Å². The Morgan fingerprint density at radius 2 is 1.73 bits per heavy atom. The van der Waals surface area contributed by atoms with E-state index in [1.807, 2.05) is 0 Å². The van der Waals surface area contributed by atoms with E-state index in [0.29, 0.717) is 11.0 Å². The van der Waals surface area contributed by atoms with Crippen molar-refractivity contribution in [3.8, 4) is 0 Å². The van der Waals surface area contributed by atoms with Gasteiger partial charge in [0.25, 0.3) is 0 Å². The van der Waals surface area contributed by atoms with Crippen molar-refractivity contribution < 1.29 is 31.5 Å². The van der Waals surface area contributed by atoms with Crippen molar-refractivity contribution in [2.24, 2.45) is 0 Å². The first-order chi connectivity index (χ1) is 12.1. The second-order valence-corrected chi connectivity index (χ2v) is 5.29. The highest BCUT2D eigenvalue weighted by atomic mass is 19.4. The molecule has 0 saturated carbocycles. The van der Waals surface area contributed by atoms with Crippen LogP contribution in [0.25, 0.3) is 0 Å². The molecule has 0 heterocycles. The van der Waals surface area contributed by atoms with Crippen LogP contribution in [0.15, 0.2) is 42.5 Å². The lowest BCUT2D eigenvalue weighted by Gasteiger charge is -2.24. The van der Waals surface area contributed by atoms with Gasteiger partial charge in [-0.1, -0.05) is 12.1 Å². The highest BCUT2D eigenvalue weighted by Gasteiger charge is 2.35. The van der Waals surface area contributed by atoms with Crippen molar-refractivity contribution in [1.29, 1.82) is 0 Å². The number of nitrogens with zero attached hydrogens (tertiary/aromatic N) is 1. The van der Waals surface area contributed by atoms with E-state index in [0.717, 1.165) is 37.3 Å². The number of rotatable bonds is 4. The van der Waals surface area contributed by atoms with E-state index in [9.17, 15) is 31.5 Å². The van der Waals surface area contributed by atoms with Gasteiger partial charge in [-0.15, -0.1) is 0 Å². The van der Waals surface area contributed by atoms with E-state index in [-0.39, 0.29) is 5.69 Å². The van der Waals surface area contributed by atoms with Crippen LogP contribution in [0.4, 0.5) is 33.3 Å². The van der Waals surface area contributed by atoms with Gasteiger partial charge in [-0.25, -0.2) is 8.78 Å². The summed E-state index contributed by atoms with van der Waals surface area (Å²) < 4.78 is 65.8. The monoisotopic (exact) mass is 372 g/mol. The zero-order valence-electron chi connectivity index (χ0n) is 13.4. The summed E-state index contributed by atoms with van der Waals surface area (Å²) >= 11 is 0. The predicted octanol–water partition coefficient (Wildman–Crippen LogP) is 3.98. The van der Waals surface area contributed by atoms with Crippen LogP contribution in [0.1, 0.15) is 12.5 Å². The summed E-state index contributed by atoms with van der Waals surface area (Å²) in [5.41, 5.74) is -1.94. The van der Waals surface area contributed by atoms with Crippen molar-refractivity contribution in [2.45, 2.75) is 13.1 Å². The van der Waals surface area contributed by atoms with Gasteiger partial charge in [-0.05, 0) is 24.3 Å². The van der Waals surface area contributed by atoms with E-state index >= 15 is 0 Å². The zero-order valence-corrected chi connectivity index (χ0v) is 13.4. The van der Waals surface area contributed by atoms with Crippen LogP contribution < -0.4 is 10.2 Å². The van der Waals surface area contributed by atoms with Crippen molar-refractivity contribution in [1.82, 2.24) is 0 Å². The molecule has 26 heavy (non-hydrogen) atoms. The minimum absolute atomic E-state index is 0.357. The fraction of sp³-hybridized carbons (Fsp3) is 0.176. The average molecular weight is 372 g/mol. The van der Waals surface area contributed by atoms with Crippen LogP contribution in [-0.4, -0.2) is 18.4 Å². The Kier molecular flexibility index (Phi) is 5.59. The molecule has 0 atom stereocenters. The van der Waals surface area contributed by atoms with Crippen molar-refractivity contribution >= 4 is 23.2 Å². The van der Waals surface area contributed by atoms with Crippen molar-refractivity contribution in [2.75, 3.05) is 16.8 Å². The third-order valence-corrected chi connectivity index (χ3v) is 3.39. The molecule has 2 aromatic carbocycles. The van der Waals surface area contributed by atoms with Gasteiger partial charge in [-0.2, -0.15) is 13.2 Å². The summed E-state index contributed by atoms with van der Waals surface area (Å²) in [5, 5.41) is 2.09. The lowest BCUT2D eigenvalue weighted by atomic mass is 10.1. The van der Waals surface area contributed by atoms with Gasteiger partial charge in [0.1, 0.15) is 18.2 Å². The van der Waals surface area contributed by atoms with E-state index in [2.05, 4.69) is 5.32 Å². The zero-order chi connectivity index (χ0) is 19.5. The largest absolute Gasteiger partial charge is 0.418 e. The average Bonchev–Trinajstić information content (AvgIpc) is 2.54. The third kappa shape index (κ3) is 4.56. The summed E-state index contributed by atoms with van der Waals surface area (Å²) in [5.74, 6) is -3.66. The Labute approximate surface area is 145 Å². The van der Waals surface area contributed by atoms with Crippen LogP contribution in [0, 0.1) is 11.6 Å². The molecule has 0 radical (unpaired) electrons.